The number of hydrogen-bond acceptors (Lipinski definition) is 2. The maximum atomic E-state index is 13.7. The molecule has 1 fully saturated rings. The topological polar surface area (TPSA) is 32.3 Å². The highest BCUT2D eigenvalue weighted by atomic mass is 79.9. The van der Waals surface area contributed by atoms with Gasteiger partial charge in [0.2, 0.25) is 0 Å². The van der Waals surface area contributed by atoms with E-state index in [9.17, 15) is 9.50 Å². The molecule has 100 valence electrons. The van der Waals surface area contributed by atoms with Gasteiger partial charge in [0.25, 0.3) is 0 Å². The zero-order valence-corrected chi connectivity index (χ0v) is 12.1. The van der Waals surface area contributed by atoms with Gasteiger partial charge in [0.05, 0.1) is 6.10 Å². The van der Waals surface area contributed by atoms with Crippen molar-refractivity contribution in [1.29, 1.82) is 0 Å². The molecule has 18 heavy (non-hydrogen) atoms. The van der Waals surface area contributed by atoms with Crippen LogP contribution in [0, 0.1) is 5.82 Å². The Hall–Kier alpha value is -0.450. The third kappa shape index (κ3) is 3.53. The van der Waals surface area contributed by atoms with E-state index < -0.39 is 0 Å². The maximum absolute atomic E-state index is 13.7. The molecule has 0 aliphatic heterocycles. The molecule has 0 radical (unpaired) electrons. The minimum absolute atomic E-state index is 0.0113. The summed E-state index contributed by atoms with van der Waals surface area (Å²) in [4.78, 5) is 0. The maximum Gasteiger partial charge on any atom is 0.128 e. The number of nitrogens with one attached hydrogen (secondary N) is 1. The fraction of sp³-hybridized carbons (Fsp3) is 0.571. The van der Waals surface area contributed by atoms with E-state index in [0.29, 0.717) is 11.6 Å². The molecule has 0 saturated heterocycles. The van der Waals surface area contributed by atoms with Crippen LogP contribution in [0.3, 0.4) is 0 Å². The lowest BCUT2D eigenvalue weighted by Crippen LogP contribution is -2.36. The molecule has 0 heterocycles. The van der Waals surface area contributed by atoms with Gasteiger partial charge in [-0.15, -0.1) is 0 Å². The van der Waals surface area contributed by atoms with E-state index in [0.717, 1.165) is 30.2 Å². The van der Waals surface area contributed by atoms with Gasteiger partial charge < -0.3 is 10.4 Å². The molecule has 4 heteroatoms. The summed E-state index contributed by atoms with van der Waals surface area (Å²) in [5, 5.41) is 12.9. The van der Waals surface area contributed by atoms with Crippen LogP contribution < -0.4 is 5.32 Å². The number of aliphatic hydroxyl groups is 1. The molecule has 2 N–H and O–H groups in total. The van der Waals surface area contributed by atoms with Crippen LogP contribution in [0.5, 0.6) is 0 Å². The first kappa shape index (κ1) is 14.0. The van der Waals surface area contributed by atoms with Crippen molar-refractivity contribution < 1.29 is 9.50 Å². The van der Waals surface area contributed by atoms with E-state index in [4.69, 9.17) is 0 Å². The SMILES string of the molecule is CC(NC1CCC(O)CC1)c1cc(Br)ccc1F. The molecule has 2 rings (SSSR count). The van der Waals surface area contributed by atoms with Gasteiger partial charge in [-0.1, -0.05) is 15.9 Å². The van der Waals surface area contributed by atoms with Crippen LogP contribution in [0.2, 0.25) is 0 Å². The smallest absolute Gasteiger partial charge is 0.128 e. The molecule has 1 unspecified atom stereocenters. The number of halogens is 2. The van der Waals surface area contributed by atoms with Crippen LogP contribution in [0.1, 0.15) is 44.2 Å². The van der Waals surface area contributed by atoms with Crippen molar-refractivity contribution in [2.75, 3.05) is 0 Å². The fourth-order valence-electron chi connectivity index (χ4n) is 2.53. The number of rotatable bonds is 3. The summed E-state index contributed by atoms with van der Waals surface area (Å²) in [6.07, 6.45) is 3.44. The molecule has 1 aliphatic rings. The summed E-state index contributed by atoms with van der Waals surface area (Å²) in [6.45, 7) is 1.98. The van der Waals surface area contributed by atoms with Gasteiger partial charge >= 0.3 is 0 Å². The van der Waals surface area contributed by atoms with Gasteiger partial charge in [-0.25, -0.2) is 4.39 Å². The van der Waals surface area contributed by atoms with E-state index in [-0.39, 0.29) is 18.0 Å². The van der Waals surface area contributed by atoms with Crippen LogP contribution in [-0.4, -0.2) is 17.3 Å². The quantitative estimate of drug-likeness (QED) is 0.894. The Morgan fingerprint density at radius 1 is 1.33 bits per heavy atom. The molecule has 0 spiro atoms. The van der Waals surface area contributed by atoms with Crippen LogP contribution in [0.15, 0.2) is 22.7 Å². The number of hydrogen-bond donors (Lipinski definition) is 2. The van der Waals surface area contributed by atoms with E-state index in [1.807, 2.05) is 13.0 Å². The van der Waals surface area contributed by atoms with Crippen molar-refractivity contribution in [1.82, 2.24) is 5.32 Å². The summed E-state index contributed by atoms with van der Waals surface area (Å²) in [5.41, 5.74) is 0.690. The average Bonchev–Trinajstić information content (AvgIpc) is 2.35. The minimum Gasteiger partial charge on any atom is -0.393 e. The normalized spacial score (nSPS) is 26.0. The molecule has 2 nitrogen and oxygen atoms in total. The standard InChI is InChI=1S/C14H19BrFNO/c1-9(13-8-10(15)2-7-14(13)16)17-11-3-5-12(18)6-4-11/h2,7-9,11-12,17-18H,3-6H2,1H3. The van der Waals surface area contributed by atoms with Gasteiger partial charge in [-0.2, -0.15) is 0 Å². The van der Waals surface area contributed by atoms with E-state index in [2.05, 4.69) is 21.2 Å². The van der Waals surface area contributed by atoms with Crippen molar-refractivity contribution >= 4 is 15.9 Å². The number of aliphatic hydroxyl groups excluding tert-OH is 1. The van der Waals surface area contributed by atoms with Gasteiger partial charge in [0.1, 0.15) is 5.82 Å². The predicted molar refractivity (Wildman–Crippen MR) is 73.9 cm³/mol. The second-order valence-electron chi connectivity index (χ2n) is 5.06. The summed E-state index contributed by atoms with van der Waals surface area (Å²) in [5.74, 6) is -0.172. The van der Waals surface area contributed by atoms with Gasteiger partial charge in [0, 0.05) is 22.1 Å². The van der Waals surface area contributed by atoms with Crippen molar-refractivity contribution in [3.63, 3.8) is 0 Å². The number of benzene rings is 1. The molecule has 0 amide bonds. The Morgan fingerprint density at radius 3 is 2.67 bits per heavy atom. The lowest BCUT2D eigenvalue weighted by Gasteiger charge is -2.29. The third-order valence-electron chi connectivity index (χ3n) is 3.61. The van der Waals surface area contributed by atoms with Crippen LogP contribution in [0.25, 0.3) is 0 Å². The molecule has 1 atom stereocenters. The monoisotopic (exact) mass is 315 g/mol. The molecule has 0 bridgehead atoms. The summed E-state index contributed by atoms with van der Waals surface area (Å²) >= 11 is 3.37. The summed E-state index contributed by atoms with van der Waals surface area (Å²) < 4.78 is 14.6. The summed E-state index contributed by atoms with van der Waals surface area (Å²) in [6, 6.07) is 5.39. The molecule has 0 aromatic heterocycles. The summed E-state index contributed by atoms with van der Waals surface area (Å²) in [7, 11) is 0. The Balaban J connectivity index is 1.98. The van der Waals surface area contributed by atoms with Crippen molar-refractivity contribution in [2.45, 2.75) is 50.8 Å². The molecule has 1 aromatic carbocycles. The highest BCUT2D eigenvalue weighted by molar-refractivity contribution is 9.10. The molecule has 1 saturated carbocycles. The molecular weight excluding hydrogens is 297 g/mol. The second kappa shape index (κ2) is 6.13. The van der Waals surface area contributed by atoms with Crippen molar-refractivity contribution in [2.24, 2.45) is 0 Å². The van der Waals surface area contributed by atoms with E-state index in [1.165, 1.54) is 6.07 Å². The van der Waals surface area contributed by atoms with Crippen molar-refractivity contribution in [3.8, 4) is 0 Å². The average molecular weight is 316 g/mol. The lowest BCUT2D eigenvalue weighted by atomic mass is 9.92. The van der Waals surface area contributed by atoms with E-state index >= 15 is 0 Å². The Bertz CT molecular complexity index is 405. The van der Waals surface area contributed by atoms with Gasteiger partial charge in [0.15, 0.2) is 0 Å². The zero-order chi connectivity index (χ0) is 13.1. The predicted octanol–water partition coefficient (Wildman–Crippen LogP) is 3.54. The third-order valence-corrected chi connectivity index (χ3v) is 4.10. The zero-order valence-electron chi connectivity index (χ0n) is 10.5. The minimum atomic E-state index is -0.172. The first-order chi connectivity index (χ1) is 8.56. The van der Waals surface area contributed by atoms with E-state index in [1.54, 1.807) is 6.07 Å². The van der Waals surface area contributed by atoms with Gasteiger partial charge in [-0.3, -0.25) is 0 Å². The Kier molecular flexibility index (Phi) is 4.76. The molecule has 1 aliphatic carbocycles. The first-order valence-electron chi connectivity index (χ1n) is 6.45. The van der Waals surface area contributed by atoms with Crippen LogP contribution >= 0.6 is 15.9 Å². The largest absolute Gasteiger partial charge is 0.393 e. The molecular formula is C14H19BrFNO. The highest BCUT2D eigenvalue weighted by Gasteiger charge is 2.21. The van der Waals surface area contributed by atoms with Crippen LogP contribution in [-0.2, 0) is 0 Å². The Labute approximate surface area is 116 Å². The van der Waals surface area contributed by atoms with Gasteiger partial charge in [-0.05, 0) is 50.8 Å². The van der Waals surface area contributed by atoms with Crippen LogP contribution in [0.4, 0.5) is 4.39 Å². The lowest BCUT2D eigenvalue weighted by molar-refractivity contribution is 0.114. The van der Waals surface area contributed by atoms with Crippen molar-refractivity contribution in [3.05, 3.63) is 34.1 Å². The fourth-order valence-corrected chi connectivity index (χ4v) is 2.91. The Morgan fingerprint density at radius 2 is 2.00 bits per heavy atom. The molecule has 1 aromatic rings. The highest BCUT2D eigenvalue weighted by Crippen LogP contribution is 2.25. The second-order valence-corrected chi connectivity index (χ2v) is 5.98. The first-order valence-corrected chi connectivity index (χ1v) is 7.24.